The number of benzene rings is 2. The van der Waals surface area contributed by atoms with Gasteiger partial charge in [0.25, 0.3) is 0 Å². The molecule has 0 atom stereocenters. The van der Waals surface area contributed by atoms with Crippen LogP contribution < -0.4 is 10.5 Å². The molecule has 2 rings (SSSR count). The fourth-order valence-corrected chi connectivity index (χ4v) is 2.98. The van der Waals surface area contributed by atoms with Crippen LogP contribution >= 0.6 is 27.7 Å². The van der Waals surface area contributed by atoms with Crippen molar-refractivity contribution in [3.05, 3.63) is 52.0 Å². The predicted molar refractivity (Wildman–Crippen MR) is 88.2 cm³/mol. The Kier molecular flexibility index (Phi) is 4.73. The second-order valence-electron chi connectivity index (χ2n) is 4.26. The lowest BCUT2D eigenvalue weighted by Crippen LogP contribution is -2.13. The molecule has 0 heterocycles. The molecule has 0 unspecified atom stereocenters. The highest BCUT2D eigenvalue weighted by Gasteiger charge is 2.13. The number of ether oxygens (including phenoxy) is 1. The molecular formula is C15H15BrN2OS. The van der Waals surface area contributed by atoms with Gasteiger partial charge in [-0.25, -0.2) is 0 Å². The van der Waals surface area contributed by atoms with Crippen molar-refractivity contribution >= 4 is 33.5 Å². The maximum atomic E-state index is 7.75. The van der Waals surface area contributed by atoms with Crippen LogP contribution in [0, 0.1) is 12.3 Å². The molecule has 104 valence electrons. The van der Waals surface area contributed by atoms with Gasteiger partial charge in [0.2, 0.25) is 0 Å². The number of hydrogen-bond acceptors (Lipinski definition) is 3. The fourth-order valence-electron chi connectivity index (χ4n) is 1.88. The van der Waals surface area contributed by atoms with Gasteiger partial charge in [0.15, 0.2) is 0 Å². The number of halogens is 1. The predicted octanol–water partition coefficient (Wildman–Crippen LogP) is 4.56. The minimum Gasteiger partial charge on any atom is -0.456 e. The number of aryl methyl sites for hydroxylation is 1. The molecule has 0 aliphatic rings. The number of thioether (sulfide) groups is 1. The van der Waals surface area contributed by atoms with E-state index in [2.05, 4.69) is 15.9 Å². The van der Waals surface area contributed by atoms with E-state index in [0.29, 0.717) is 11.3 Å². The van der Waals surface area contributed by atoms with Crippen LogP contribution in [0.3, 0.4) is 0 Å². The third-order valence-corrected chi connectivity index (χ3v) is 4.11. The van der Waals surface area contributed by atoms with E-state index >= 15 is 0 Å². The quantitative estimate of drug-likeness (QED) is 0.482. The summed E-state index contributed by atoms with van der Waals surface area (Å²) in [7, 11) is 0. The average Bonchev–Trinajstić information content (AvgIpc) is 2.41. The first-order chi connectivity index (χ1) is 9.52. The lowest BCUT2D eigenvalue weighted by Gasteiger charge is -2.14. The van der Waals surface area contributed by atoms with E-state index in [9.17, 15) is 0 Å². The highest BCUT2D eigenvalue weighted by molar-refractivity contribution is 9.10. The van der Waals surface area contributed by atoms with Gasteiger partial charge in [-0.2, -0.15) is 0 Å². The zero-order valence-corrected chi connectivity index (χ0v) is 13.6. The second kappa shape index (κ2) is 6.33. The first-order valence-corrected chi connectivity index (χ1v) is 8.00. The van der Waals surface area contributed by atoms with E-state index in [-0.39, 0.29) is 5.84 Å². The number of rotatable bonds is 4. The van der Waals surface area contributed by atoms with Gasteiger partial charge >= 0.3 is 0 Å². The topological polar surface area (TPSA) is 59.1 Å². The summed E-state index contributed by atoms with van der Waals surface area (Å²) in [5, 5.41) is 7.75. The van der Waals surface area contributed by atoms with Crippen molar-refractivity contribution < 1.29 is 4.74 Å². The lowest BCUT2D eigenvalue weighted by molar-refractivity contribution is 0.476. The molecular weight excluding hydrogens is 336 g/mol. The summed E-state index contributed by atoms with van der Waals surface area (Å²) in [5.41, 5.74) is 7.35. The molecule has 0 saturated heterocycles. The Bertz CT molecular complexity index is 658. The van der Waals surface area contributed by atoms with Gasteiger partial charge in [-0.15, -0.1) is 11.8 Å². The number of nitrogens with one attached hydrogen (secondary N) is 1. The minimum atomic E-state index is 0.0136. The molecule has 2 aromatic rings. The summed E-state index contributed by atoms with van der Waals surface area (Å²) in [6.07, 6.45) is 1.95. The molecule has 0 aromatic heterocycles. The molecule has 20 heavy (non-hydrogen) atoms. The van der Waals surface area contributed by atoms with Crippen molar-refractivity contribution in [3.63, 3.8) is 0 Å². The van der Waals surface area contributed by atoms with E-state index in [4.69, 9.17) is 15.9 Å². The van der Waals surface area contributed by atoms with Crippen molar-refractivity contribution in [1.82, 2.24) is 0 Å². The van der Waals surface area contributed by atoms with Crippen molar-refractivity contribution in [1.29, 1.82) is 5.41 Å². The monoisotopic (exact) mass is 350 g/mol. The molecule has 5 heteroatoms. The molecule has 0 saturated carbocycles. The van der Waals surface area contributed by atoms with Crippen LogP contribution in [0.4, 0.5) is 0 Å². The summed E-state index contributed by atoms with van der Waals surface area (Å²) in [4.78, 5) is 0.935. The Morgan fingerprint density at radius 1 is 1.25 bits per heavy atom. The maximum absolute atomic E-state index is 7.75. The van der Waals surface area contributed by atoms with Crippen LogP contribution in [0.2, 0.25) is 0 Å². The molecule has 2 aromatic carbocycles. The molecule has 0 aliphatic carbocycles. The molecule has 0 bridgehead atoms. The minimum absolute atomic E-state index is 0.0136. The zero-order chi connectivity index (χ0) is 14.7. The standard InChI is InChI=1S/C15H15BrN2OS/c1-9-8-10(16)6-7-11(9)19-12-4-3-5-13(20-2)14(12)15(17)18/h3-8H,1-2H3,(H3,17,18). The third-order valence-electron chi connectivity index (χ3n) is 2.83. The number of nitrogens with two attached hydrogens (primary N) is 1. The SMILES string of the molecule is CSc1cccc(Oc2ccc(Br)cc2C)c1C(=N)N. The first-order valence-electron chi connectivity index (χ1n) is 5.98. The van der Waals surface area contributed by atoms with Crippen LogP contribution in [0.5, 0.6) is 11.5 Å². The van der Waals surface area contributed by atoms with E-state index < -0.39 is 0 Å². The molecule has 0 fully saturated rings. The average molecular weight is 351 g/mol. The van der Waals surface area contributed by atoms with Gasteiger partial charge < -0.3 is 10.5 Å². The van der Waals surface area contributed by atoms with Gasteiger partial charge in [0.1, 0.15) is 17.3 Å². The molecule has 0 amide bonds. The van der Waals surface area contributed by atoms with E-state index in [1.807, 2.05) is 49.6 Å². The Morgan fingerprint density at radius 2 is 2.00 bits per heavy atom. The fraction of sp³-hybridized carbons (Fsp3) is 0.133. The Labute approximate surface area is 131 Å². The van der Waals surface area contributed by atoms with Crippen LogP contribution in [-0.4, -0.2) is 12.1 Å². The molecule has 3 nitrogen and oxygen atoms in total. The van der Waals surface area contributed by atoms with Gasteiger partial charge in [0, 0.05) is 9.37 Å². The van der Waals surface area contributed by atoms with Crippen LogP contribution in [0.25, 0.3) is 0 Å². The van der Waals surface area contributed by atoms with E-state index in [1.54, 1.807) is 11.8 Å². The first kappa shape index (κ1) is 14.9. The normalized spacial score (nSPS) is 10.3. The zero-order valence-electron chi connectivity index (χ0n) is 11.2. The highest BCUT2D eigenvalue weighted by atomic mass is 79.9. The Morgan fingerprint density at radius 3 is 2.60 bits per heavy atom. The number of amidine groups is 1. The van der Waals surface area contributed by atoms with Gasteiger partial charge in [-0.1, -0.05) is 22.0 Å². The van der Waals surface area contributed by atoms with Crippen LogP contribution in [0.1, 0.15) is 11.1 Å². The molecule has 0 aliphatic heterocycles. The summed E-state index contributed by atoms with van der Waals surface area (Å²) in [5.74, 6) is 1.38. The summed E-state index contributed by atoms with van der Waals surface area (Å²) in [6, 6.07) is 11.5. The highest BCUT2D eigenvalue weighted by Crippen LogP contribution is 2.33. The third kappa shape index (κ3) is 3.16. The molecule has 0 spiro atoms. The van der Waals surface area contributed by atoms with Crippen LogP contribution in [-0.2, 0) is 0 Å². The second-order valence-corrected chi connectivity index (χ2v) is 6.02. The number of nitrogen functional groups attached to an aromatic ring is 1. The van der Waals surface area contributed by atoms with E-state index in [0.717, 1.165) is 20.7 Å². The van der Waals surface area contributed by atoms with Gasteiger partial charge in [-0.3, -0.25) is 5.41 Å². The molecule has 3 N–H and O–H groups in total. The van der Waals surface area contributed by atoms with Crippen molar-refractivity contribution in [2.45, 2.75) is 11.8 Å². The maximum Gasteiger partial charge on any atom is 0.139 e. The smallest absolute Gasteiger partial charge is 0.139 e. The van der Waals surface area contributed by atoms with Crippen molar-refractivity contribution in [3.8, 4) is 11.5 Å². The van der Waals surface area contributed by atoms with Crippen molar-refractivity contribution in [2.24, 2.45) is 5.73 Å². The Hall–Kier alpha value is -1.46. The van der Waals surface area contributed by atoms with Crippen molar-refractivity contribution in [2.75, 3.05) is 6.26 Å². The van der Waals surface area contributed by atoms with Crippen LogP contribution in [0.15, 0.2) is 45.8 Å². The summed E-state index contributed by atoms with van der Waals surface area (Å²) in [6.45, 7) is 1.98. The number of hydrogen-bond donors (Lipinski definition) is 2. The summed E-state index contributed by atoms with van der Waals surface area (Å²) < 4.78 is 6.95. The van der Waals surface area contributed by atoms with E-state index in [1.165, 1.54) is 0 Å². The molecule has 0 radical (unpaired) electrons. The van der Waals surface area contributed by atoms with Gasteiger partial charge in [0.05, 0.1) is 5.56 Å². The summed E-state index contributed by atoms with van der Waals surface area (Å²) >= 11 is 4.98. The van der Waals surface area contributed by atoms with Gasteiger partial charge in [-0.05, 0) is 49.1 Å². The Balaban J connectivity index is 2.45. The largest absolute Gasteiger partial charge is 0.456 e. The lowest BCUT2D eigenvalue weighted by atomic mass is 10.1.